The number of ether oxygens (including phenoxy) is 2. The van der Waals surface area contributed by atoms with Crippen molar-refractivity contribution in [3.8, 4) is 22.8 Å². The van der Waals surface area contributed by atoms with Crippen LogP contribution in [0.25, 0.3) is 21.9 Å². The molecule has 4 aromatic carbocycles. The van der Waals surface area contributed by atoms with Gasteiger partial charge in [-0.05, 0) is 76.2 Å². The average Bonchev–Trinajstić information content (AvgIpc) is 3.05. The molecule has 6 nitrogen and oxygen atoms in total. The topological polar surface area (TPSA) is 63.7 Å². The number of pyridine rings is 1. The molecule has 1 fully saturated rings. The number of amides is 1. The van der Waals surface area contributed by atoms with Crippen LogP contribution < -0.4 is 14.8 Å². The highest BCUT2D eigenvalue weighted by Crippen LogP contribution is 2.24. The predicted molar refractivity (Wildman–Crippen MR) is 167 cm³/mol. The Balaban J connectivity index is 0.947. The quantitative estimate of drug-likeness (QED) is 0.214. The SMILES string of the molecule is COc1ccc2cc(CN3CCC(Oc4ccc(CNC(=O)c5ccc(-c6ccccc6)cc5)cn4)CC3)ccc2c1. The van der Waals surface area contributed by atoms with E-state index in [4.69, 9.17) is 9.47 Å². The maximum Gasteiger partial charge on any atom is 0.251 e. The maximum atomic E-state index is 12.7. The largest absolute Gasteiger partial charge is 0.497 e. The van der Waals surface area contributed by atoms with E-state index in [2.05, 4.69) is 57.7 Å². The van der Waals surface area contributed by atoms with E-state index in [0.717, 1.165) is 54.9 Å². The van der Waals surface area contributed by atoms with Crippen LogP contribution in [0.2, 0.25) is 0 Å². The zero-order chi connectivity index (χ0) is 28.7. The first-order valence-electron chi connectivity index (χ1n) is 14.5. The Kier molecular flexibility index (Phi) is 8.43. The molecule has 1 saturated heterocycles. The van der Waals surface area contributed by atoms with E-state index in [-0.39, 0.29) is 12.0 Å². The molecule has 2 heterocycles. The van der Waals surface area contributed by atoms with Gasteiger partial charge in [0.2, 0.25) is 5.88 Å². The van der Waals surface area contributed by atoms with Crippen molar-refractivity contribution in [3.05, 3.63) is 126 Å². The second-order valence-corrected chi connectivity index (χ2v) is 10.8. The molecule has 0 radical (unpaired) electrons. The lowest BCUT2D eigenvalue weighted by atomic mass is 10.0. The fourth-order valence-corrected chi connectivity index (χ4v) is 5.43. The molecule has 6 rings (SSSR count). The Hall–Kier alpha value is -4.68. The molecule has 0 bridgehead atoms. The Morgan fingerprint density at radius 1 is 0.833 bits per heavy atom. The van der Waals surface area contributed by atoms with E-state index >= 15 is 0 Å². The van der Waals surface area contributed by atoms with Crippen LogP contribution in [0.3, 0.4) is 0 Å². The van der Waals surface area contributed by atoms with Gasteiger partial charge < -0.3 is 14.8 Å². The number of aromatic nitrogens is 1. The van der Waals surface area contributed by atoms with Crippen molar-refractivity contribution < 1.29 is 14.3 Å². The summed E-state index contributed by atoms with van der Waals surface area (Å²) in [6.07, 6.45) is 3.86. The molecule has 0 saturated carbocycles. The number of rotatable bonds is 9. The number of piperidine rings is 1. The molecule has 0 aliphatic carbocycles. The van der Waals surface area contributed by atoms with Crippen molar-refractivity contribution in [1.29, 1.82) is 0 Å². The van der Waals surface area contributed by atoms with Gasteiger partial charge in [-0.25, -0.2) is 4.98 Å². The van der Waals surface area contributed by atoms with Crippen molar-refractivity contribution in [2.24, 2.45) is 0 Å². The number of carbonyl (C=O) groups excluding carboxylic acids is 1. The molecule has 42 heavy (non-hydrogen) atoms. The van der Waals surface area contributed by atoms with Crippen LogP contribution in [-0.2, 0) is 13.1 Å². The molecular formula is C36H35N3O3. The summed E-state index contributed by atoms with van der Waals surface area (Å²) in [6.45, 7) is 3.32. The minimum atomic E-state index is -0.106. The number of benzene rings is 4. The Bertz CT molecular complexity index is 1630. The summed E-state index contributed by atoms with van der Waals surface area (Å²) in [5, 5.41) is 5.41. The predicted octanol–water partition coefficient (Wildman–Crippen LogP) is 6.88. The molecule has 6 heteroatoms. The normalized spacial score (nSPS) is 14.0. The number of methoxy groups -OCH3 is 1. The Labute approximate surface area is 246 Å². The zero-order valence-corrected chi connectivity index (χ0v) is 23.8. The average molecular weight is 558 g/mol. The monoisotopic (exact) mass is 557 g/mol. The Morgan fingerprint density at radius 3 is 2.29 bits per heavy atom. The molecule has 1 aliphatic heterocycles. The molecule has 0 spiro atoms. The van der Waals surface area contributed by atoms with E-state index in [1.165, 1.54) is 16.3 Å². The number of carbonyl (C=O) groups is 1. The second-order valence-electron chi connectivity index (χ2n) is 10.8. The zero-order valence-electron chi connectivity index (χ0n) is 23.8. The van der Waals surface area contributed by atoms with Gasteiger partial charge in [0.25, 0.3) is 5.91 Å². The summed E-state index contributed by atoms with van der Waals surface area (Å²) in [5.41, 5.74) is 5.10. The lowest BCUT2D eigenvalue weighted by Crippen LogP contribution is -2.37. The molecule has 1 aliphatic rings. The first-order valence-corrected chi connectivity index (χ1v) is 14.5. The van der Waals surface area contributed by atoms with E-state index in [0.29, 0.717) is 18.0 Å². The molecule has 212 valence electrons. The minimum absolute atomic E-state index is 0.106. The van der Waals surface area contributed by atoms with Gasteiger partial charge in [0.05, 0.1) is 7.11 Å². The summed E-state index contributed by atoms with van der Waals surface area (Å²) < 4.78 is 11.5. The van der Waals surface area contributed by atoms with Crippen LogP contribution in [0.5, 0.6) is 11.6 Å². The summed E-state index contributed by atoms with van der Waals surface area (Å²) in [5.74, 6) is 1.41. The van der Waals surface area contributed by atoms with Crippen molar-refractivity contribution in [3.63, 3.8) is 0 Å². The van der Waals surface area contributed by atoms with E-state index < -0.39 is 0 Å². The fourth-order valence-electron chi connectivity index (χ4n) is 5.43. The Morgan fingerprint density at radius 2 is 1.55 bits per heavy atom. The molecule has 1 N–H and O–H groups in total. The third-order valence-corrected chi connectivity index (χ3v) is 7.84. The molecule has 0 unspecified atom stereocenters. The summed E-state index contributed by atoms with van der Waals surface area (Å²) in [6, 6.07) is 34.5. The van der Waals surface area contributed by atoms with Gasteiger partial charge in [0.15, 0.2) is 0 Å². The van der Waals surface area contributed by atoms with Gasteiger partial charge in [-0.15, -0.1) is 0 Å². The highest BCUT2D eigenvalue weighted by atomic mass is 16.5. The number of hydrogen-bond donors (Lipinski definition) is 1. The number of hydrogen-bond acceptors (Lipinski definition) is 5. The smallest absolute Gasteiger partial charge is 0.251 e. The standard InChI is InChI=1S/C36H35N3O3/c1-41-34-15-14-31-21-26(7-9-32(31)22-34)25-39-19-17-33(18-20-39)42-35-16-8-27(23-37-35)24-38-36(40)30-12-10-29(11-13-30)28-5-3-2-4-6-28/h2-16,21-23,33H,17-20,24-25H2,1H3,(H,38,40). The molecule has 1 amide bonds. The first-order chi connectivity index (χ1) is 20.6. The van der Waals surface area contributed by atoms with Crippen molar-refractivity contribution in [2.75, 3.05) is 20.2 Å². The molecule has 0 atom stereocenters. The number of likely N-dealkylation sites (tertiary alicyclic amines) is 1. The summed E-state index contributed by atoms with van der Waals surface area (Å²) >= 11 is 0. The number of nitrogens with zero attached hydrogens (tertiary/aromatic N) is 2. The van der Waals surface area contributed by atoms with Crippen molar-refractivity contribution in [1.82, 2.24) is 15.2 Å². The van der Waals surface area contributed by atoms with Crippen LogP contribution in [-0.4, -0.2) is 42.1 Å². The molecular weight excluding hydrogens is 522 g/mol. The van der Waals surface area contributed by atoms with Gasteiger partial charge in [0, 0.05) is 44.0 Å². The van der Waals surface area contributed by atoms with Gasteiger partial charge in [-0.1, -0.05) is 66.7 Å². The lowest BCUT2D eigenvalue weighted by molar-refractivity contribution is 0.0932. The molecule has 5 aromatic rings. The summed E-state index contributed by atoms with van der Waals surface area (Å²) in [7, 11) is 1.70. The third kappa shape index (κ3) is 6.78. The highest BCUT2D eigenvalue weighted by Gasteiger charge is 2.21. The van der Waals surface area contributed by atoms with Gasteiger partial charge in [-0.2, -0.15) is 0 Å². The van der Waals surface area contributed by atoms with Gasteiger partial charge in [-0.3, -0.25) is 9.69 Å². The second kappa shape index (κ2) is 12.9. The van der Waals surface area contributed by atoms with E-state index in [1.54, 1.807) is 13.3 Å². The maximum absolute atomic E-state index is 12.7. The fraction of sp³-hybridized carbons (Fsp3) is 0.222. The number of fused-ring (bicyclic) bond motifs is 1. The van der Waals surface area contributed by atoms with Crippen molar-refractivity contribution in [2.45, 2.75) is 32.0 Å². The van der Waals surface area contributed by atoms with Crippen LogP contribution in [0.1, 0.15) is 34.3 Å². The molecule has 1 aromatic heterocycles. The van der Waals surface area contributed by atoms with Crippen LogP contribution in [0, 0.1) is 0 Å². The third-order valence-electron chi connectivity index (χ3n) is 7.84. The van der Waals surface area contributed by atoms with Crippen LogP contribution in [0.4, 0.5) is 0 Å². The minimum Gasteiger partial charge on any atom is -0.497 e. The number of nitrogens with one attached hydrogen (secondary N) is 1. The first kappa shape index (κ1) is 27.5. The van der Waals surface area contributed by atoms with E-state index in [1.807, 2.05) is 60.7 Å². The van der Waals surface area contributed by atoms with Crippen LogP contribution >= 0.6 is 0 Å². The lowest BCUT2D eigenvalue weighted by Gasteiger charge is -2.32. The summed E-state index contributed by atoms with van der Waals surface area (Å²) in [4.78, 5) is 19.6. The van der Waals surface area contributed by atoms with Gasteiger partial charge >= 0.3 is 0 Å². The highest BCUT2D eigenvalue weighted by molar-refractivity contribution is 5.94. The van der Waals surface area contributed by atoms with Crippen LogP contribution in [0.15, 0.2) is 109 Å². The van der Waals surface area contributed by atoms with E-state index in [9.17, 15) is 4.79 Å². The van der Waals surface area contributed by atoms with Gasteiger partial charge in [0.1, 0.15) is 11.9 Å². The van der Waals surface area contributed by atoms with Crippen molar-refractivity contribution >= 4 is 16.7 Å².